The molecule has 0 fully saturated rings. The van der Waals surface area contributed by atoms with E-state index in [1.807, 2.05) is 19.9 Å². The fourth-order valence-electron chi connectivity index (χ4n) is 2.18. The topological polar surface area (TPSA) is 70.6 Å². The van der Waals surface area contributed by atoms with Crippen molar-refractivity contribution < 1.29 is 5.21 Å². The Balaban J connectivity index is 2.24. The van der Waals surface area contributed by atoms with Crippen LogP contribution in [0.25, 0.3) is 0 Å². The zero-order valence-electron chi connectivity index (χ0n) is 12.8. The van der Waals surface area contributed by atoms with Crippen LogP contribution in [0.1, 0.15) is 39.2 Å². The number of rotatable bonds is 8. The molecule has 0 aliphatic rings. The molecule has 1 atom stereocenters. The van der Waals surface area contributed by atoms with Crippen LogP contribution in [0, 0.1) is 5.41 Å². The maximum atomic E-state index is 8.73. The van der Waals surface area contributed by atoms with E-state index in [4.69, 9.17) is 10.9 Å². The normalized spacial score (nSPS) is 14.2. The molecule has 1 aromatic carbocycles. The molecule has 0 aliphatic carbocycles. The van der Waals surface area contributed by atoms with Crippen molar-refractivity contribution in [2.75, 3.05) is 6.54 Å². The number of benzene rings is 1. The van der Waals surface area contributed by atoms with Crippen LogP contribution >= 0.6 is 0 Å². The lowest BCUT2D eigenvalue weighted by Crippen LogP contribution is -2.34. The van der Waals surface area contributed by atoms with Crippen molar-refractivity contribution in [3.05, 3.63) is 35.9 Å². The molecule has 0 saturated heterocycles. The lowest BCUT2D eigenvalue weighted by molar-refractivity contribution is 0.304. The van der Waals surface area contributed by atoms with Gasteiger partial charge in [0.25, 0.3) is 0 Å². The van der Waals surface area contributed by atoms with Crippen LogP contribution in [0.3, 0.4) is 0 Å². The van der Waals surface area contributed by atoms with Crippen LogP contribution in [-0.2, 0) is 6.42 Å². The number of nitrogens with two attached hydrogens (primary N) is 1. The standard InChI is InChI=1S/C16H27N3O/c1-13(12-14-8-5-4-6-9-14)18-11-7-10-16(2,3)15(17)19-20/h4-6,8-9,13,18,20H,7,10-12H2,1-3H3,(H2,17,19). The average molecular weight is 277 g/mol. The van der Waals surface area contributed by atoms with Gasteiger partial charge in [0, 0.05) is 11.5 Å². The summed E-state index contributed by atoms with van der Waals surface area (Å²) in [6, 6.07) is 10.9. The van der Waals surface area contributed by atoms with Crippen LogP contribution in [0.4, 0.5) is 0 Å². The highest BCUT2D eigenvalue weighted by Gasteiger charge is 2.22. The van der Waals surface area contributed by atoms with Gasteiger partial charge < -0.3 is 16.3 Å². The summed E-state index contributed by atoms with van der Waals surface area (Å²) >= 11 is 0. The molecule has 4 N–H and O–H groups in total. The molecule has 0 spiro atoms. The number of nitrogens with one attached hydrogen (secondary N) is 1. The van der Waals surface area contributed by atoms with Gasteiger partial charge in [0.2, 0.25) is 0 Å². The summed E-state index contributed by atoms with van der Waals surface area (Å²) in [5.74, 6) is 0.301. The third-order valence-electron chi connectivity index (χ3n) is 3.66. The van der Waals surface area contributed by atoms with Gasteiger partial charge in [-0.1, -0.05) is 49.3 Å². The van der Waals surface area contributed by atoms with Gasteiger partial charge in [-0.05, 0) is 38.3 Å². The summed E-state index contributed by atoms with van der Waals surface area (Å²) in [5.41, 5.74) is 6.78. The Labute approximate surface area is 122 Å². The molecule has 0 aromatic heterocycles. The van der Waals surface area contributed by atoms with Gasteiger partial charge in [-0.25, -0.2) is 0 Å². The lowest BCUT2D eigenvalue weighted by atomic mass is 9.86. The first kappa shape index (κ1) is 16.5. The first-order valence-corrected chi connectivity index (χ1v) is 7.21. The molecule has 4 nitrogen and oxygen atoms in total. The second-order valence-corrected chi connectivity index (χ2v) is 6.02. The quantitative estimate of drug-likeness (QED) is 0.225. The Morgan fingerprint density at radius 3 is 2.60 bits per heavy atom. The van der Waals surface area contributed by atoms with Gasteiger partial charge in [0.15, 0.2) is 0 Å². The van der Waals surface area contributed by atoms with Gasteiger partial charge in [-0.15, -0.1) is 0 Å². The molecule has 4 heteroatoms. The summed E-state index contributed by atoms with van der Waals surface area (Å²) in [6.45, 7) is 7.13. The maximum Gasteiger partial charge on any atom is 0.144 e. The van der Waals surface area contributed by atoms with Crippen molar-refractivity contribution in [3.63, 3.8) is 0 Å². The predicted molar refractivity (Wildman–Crippen MR) is 84.0 cm³/mol. The Morgan fingerprint density at radius 1 is 1.35 bits per heavy atom. The fraction of sp³-hybridized carbons (Fsp3) is 0.562. The van der Waals surface area contributed by atoms with E-state index in [2.05, 4.69) is 41.7 Å². The molecule has 0 radical (unpaired) electrons. The van der Waals surface area contributed by atoms with Crippen molar-refractivity contribution in [3.8, 4) is 0 Å². The Morgan fingerprint density at radius 2 is 2.00 bits per heavy atom. The van der Waals surface area contributed by atoms with E-state index in [9.17, 15) is 0 Å². The number of hydrogen-bond acceptors (Lipinski definition) is 3. The summed E-state index contributed by atoms with van der Waals surface area (Å²) < 4.78 is 0. The molecule has 0 saturated carbocycles. The molecule has 20 heavy (non-hydrogen) atoms. The van der Waals surface area contributed by atoms with E-state index in [1.54, 1.807) is 0 Å². The van der Waals surface area contributed by atoms with Crippen molar-refractivity contribution >= 4 is 5.84 Å². The number of oxime groups is 1. The van der Waals surface area contributed by atoms with E-state index in [0.29, 0.717) is 11.9 Å². The van der Waals surface area contributed by atoms with Gasteiger partial charge in [-0.2, -0.15) is 0 Å². The van der Waals surface area contributed by atoms with Crippen molar-refractivity contribution in [2.45, 2.75) is 46.1 Å². The fourth-order valence-corrected chi connectivity index (χ4v) is 2.18. The number of nitrogens with zero attached hydrogens (tertiary/aromatic N) is 1. The van der Waals surface area contributed by atoms with Gasteiger partial charge in [0.1, 0.15) is 5.84 Å². The highest BCUT2D eigenvalue weighted by molar-refractivity contribution is 5.85. The van der Waals surface area contributed by atoms with E-state index >= 15 is 0 Å². The molecular formula is C16H27N3O. The summed E-state index contributed by atoms with van der Waals surface area (Å²) in [5, 5.41) is 15.3. The third-order valence-corrected chi connectivity index (χ3v) is 3.66. The zero-order chi connectivity index (χ0) is 15.0. The molecule has 0 bridgehead atoms. The molecular weight excluding hydrogens is 250 g/mol. The second-order valence-electron chi connectivity index (χ2n) is 6.02. The van der Waals surface area contributed by atoms with Gasteiger partial charge in [0.05, 0.1) is 0 Å². The van der Waals surface area contributed by atoms with Crippen molar-refractivity contribution in [2.24, 2.45) is 16.3 Å². The van der Waals surface area contributed by atoms with Crippen LogP contribution < -0.4 is 11.1 Å². The Bertz CT molecular complexity index is 415. The maximum absolute atomic E-state index is 8.73. The van der Waals surface area contributed by atoms with Crippen LogP contribution in [-0.4, -0.2) is 23.6 Å². The minimum Gasteiger partial charge on any atom is -0.409 e. The predicted octanol–water partition coefficient (Wildman–Crippen LogP) is 2.76. The minimum absolute atomic E-state index is 0.251. The molecule has 1 aromatic rings. The first-order valence-electron chi connectivity index (χ1n) is 7.21. The monoisotopic (exact) mass is 277 g/mol. The zero-order valence-corrected chi connectivity index (χ0v) is 12.8. The summed E-state index contributed by atoms with van der Waals surface area (Å²) in [6.07, 6.45) is 2.93. The smallest absolute Gasteiger partial charge is 0.144 e. The molecule has 0 aliphatic heterocycles. The van der Waals surface area contributed by atoms with E-state index in [-0.39, 0.29) is 5.41 Å². The third kappa shape index (κ3) is 5.61. The molecule has 1 rings (SSSR count). The van der Waals surface area contributed by atoms with Gasteiger partial charge >= 0.3 is 0 Å². The van der Waals surface area contributed by atoms with E-state index in [1.165, 1.54) is 5.56 Å². The van der Waals surface area contributed by atoms with E-state index < -0.39 is 0 Å². The highest BCUT2D eigenvalue weighted by Crippen LogP contribution is 2.21. The van der Waals surface area contributed by atoms with Crippen molar-refractivity contribution in [1.82, 2.24) is 5.32 Å². The molecule has 0 heterocycles. The minimum atomic E-state index is -0.251. The SMILES string of the molecule is CC(Cc1ccccc1)NCCCC(C)(C)C(N)=NO. The van der Waals surface area contributed by atoms with Gasteiger partial charge in [-0.3, -0.25) is 0 Å². The molecule has 1 unspecified atom stereocenters. The summed E-state index contributed by atoms with van der Waals surface area (Å²) in [7, 11) is 0. The van der Waals surface area contributed by atoms with Crippen LogP contribution in [0.5, 0.6) is 0 Å². The number of amidine groups is 1. The largest absolute Gasteiger partial charge is 0.409 e. The van der Waals surface area contributed by atoms with Crippen LogP contribution in [0.2, 0.25) is 0 Å². The second kappa shape index (κ2) is 7.90. The van der Waals surface area contributed by atoms with Crippen molar-refractivity contribution in [1.29, 1.82) is 0 Å². The molecule has 0 amide bonds. The number of hydrogen-bond donors (Lipinski definition) is 3. The lowest BCUT2D eigenvalue weighted by Gasteiger charge is -2.23. The first-order chi connectivity index (χ1) is 9.45. The van der Waals surface area contributed by atoms with E-state index in [0.717, 1.165) is 25.8 Å². The average Bonchev–Trinajstić information content (AvgIpc) is 2.43. The molecule has 112 valence electrons. The van der Waals surface area contributed by atoms with Crippen LogP contribution in [0.15, 0.2) is 35.5 Å². The Hall–Kier alpha value is -1.55. The Kier molecular flexibility index (Phi) is 6.52. The highest BCUT2D eigenvalue weighted by atomic mass is 16.4. The summed E-state index contributed by atoms with van der Waals surface area (Å²) in [4.78, 5) is 0.